The second-order valence-corrected chi connectivity index (χ2v) is 9.15. The van der Waals surface area contributed by atoms with Gasteiger partial charge in [-0.15, -0.1) is 0 Å². The Kier molecular flexibility index (Phi) is 7.83. The molecule has 2 aliphatic heterocycles. The molecule has 3 amide bonds. The number of anilines is 2. The third kappa shape index (κ3) is 6.00. The maximum atomic E-state index is 13.8. The van der Waals surface area contributed by atoms with E-state index in [-0.39, 0.29) is 13.0 Å². The maximum Gasteiger partial charge on any atom is 0.411 e. The summed E-state index contributed by atoms with van der Waals surface area (Å²) in [4.78, 5) is 56.8. The minimum atomic E-state index is -1.47. The number of cyclic esters (lactones) is 1. The Labute approximate surface area is 229 Å². The fraction of sp³-hybridized carbons (Fsp3) is 0.207. The molecule has 11 nitrogen and oxygen atoms in total. The zero-order chi connectivity index (χ0) is 28.1. The van der Waals surface area contributed by atoms with Gasteiger partial charge in [0.05, 0.1) is 17.8 Å². The lowest BCUT2D eigenvalue weighted by Crippen LogP contribution is -2.49. The quantitative estimate of drug-likeness (QED) is 0.388. The molecule has 3 atom stereocenters. The molecule has 40 heavy (non-hydrogen) atoms. The van der Waals surface area contributed by atoms with Crippen LogP contribution in [0.1, 0.15) is 17.5 Å². The first kappa shape index (κ1) is 26.6. The van der Waals surface area contributed by atoms with Crippen molar-refractivity contribution in [1.29, 1.82) is 0 Å². The summed E-state index contributed by atoms with van der Waals surface area (Å²) in [5.74, 6) is -1.82. The second kappa shape index (κ2) is 11.8. The van der Waals surface area contributed by atoms with Crippen LogP contribution in [0.4, 0.5) is 16.2 Å². The second-order valence-electron chi connectivity index (χ2n) is 9.15. The van der Waals surface area contributed by atoms with E-state index in [4.69, 9.17) is 9.73 Å². The number of para-hydroxylation sites is 2. The van der Waals surface area contributed by atoms with Crippen LogP contribution >= 0.6 is 0 Å². The number of aliphatic hydroxyl groups is 1. The van der Waals surface area contributed by atoms with Crippen LogP contribution in [-0.2, 0) is 23.9 Å². The van der Waals surface area contributed by atoms with Gasteiger partial charge in [-0.2, -0.15) is 0 Å². The average molecular weight is 543 g/mol. The predicted octanol–water partition coefficient (Wildman–Crippen LogP) is 2.24. The van der Waals surface area contributed by atoms with E-state index in [0.717, 1.165) is 5.56 Å². The summed E-state index contributed by atoms with van der Waals surface area (Å²) < 4.78 is 10.1. The molecule has 5 rings (SSSR count). The van der Waals surface area contributed by atoms with E-state index in [1.807, 2.05) is 30.3 Å². The van der Waals surface area contributed by atoms with E-state index in [1.54, 1.807) is 54.6 Å². The molecular weight excluding hydrogens is 516 g/mol. The van der Waals surface area contributed by atoms with Gasteiger partial charge in [0, 0.05) is 16.8 Å². The standard InChI is InChI=1S/C29H26N4O7/c34-24(31-21-15-25(35)40-28(21)37)16-33-23-14-8-7-13-20(23)26(18-9-3-1-4-10-18)32-22(27(33)36)17-39-29(38)30-19-11-5-2-6-12-19/h1-14,21-22,28,37H,15-17H2,(H,30,38)(H,31,34)/t21-,22+,28?/m0/s1. The molecule has 204 valence electrons. The lowest BCUT2D eigenvalue weighted by atomic mass is 10.0. The normalized spacial score (nSPS) is 20.1. The number of aliphatic imine (C=N–C) groups is 1. The number of rotatable bonds is 7. The minimum Gasteiger partial charge on any atom is -0.446 e. The fourth-order valence-corrected chi connectivity index (χ4v) is 4.48. The minimum absolute atomic E-state index is 0.189. The summed E-state index contributed by atoms with van der Waals surface area (Å²) in [7, 11) is 0. The van der Waals surface area contributed by atoms with E-state index < -0.39 is 48.8 Å². The van der Waals surface area contributed by atoms with Crippen molar-refractivity contribution < 1.29 is 33.8 Å². The predicted molar refractivity (Wildman–Crippen MR) is 145 cm³/mol. The summed E-state index contributed by atoms with van der Waals surface area (Å²) >= 11 is 0. The fourth-order valence-electron chi connectivity index (χ4n) is 4.48. The van der Waals surface area contributed by atoms with Crippen molar-refractivity contribution in [3.05, 3.63) is 96.1 Å². The highest BCUT2D eigenvalue weighted by Crippen LogP contribution is 2.29. The Hall–Kier alpha value is -5.03. The Balaban J connectivity index is 1.43. The van der Waals surface area contributed by atoms with Gasteiger partial charge >= 0.3 is 12.1 Å². The van der Waals surface area contributed by atoms with Crippen LogP contribution in [0.2, 0.25) is 0 Å². The van der Waals surface area contributed by atoms with Crippen molar-refractivity contribution in [2.45, 2.75) is 24.8 Å². The SMILES string of the molecule is O=C(CN1C(=O)[C@@H](COC(=O)Nc2ccccc2)N=C(c2ccccc2)c2ccccc21)N[C@H]1CC(=O)OC1O. The molecular formula is C29H26N4O7. The first-order valence-electron chi connectivity index (χ1n) is 12.6. The number of hydrogen-bond acceptors (Lipinski definition) is 8. The number of esters is 1. The Morgan fingerprint density at radius 3 is 2.35 bits per heavy atom. The van der Waals surface area contributed by atoms with Gasteiger partial charge < -0.3 is 24.8 Å². The zero-order valence-electron chi connectivity index (χ0n) is 21.2. The van der Waals surface area contributed by atoms with Crippen LogP contribution in [0.5, 0.6) is 0 Å². The molecule has 1 saturated heterocycles. The van der Waals surface area contributed by atoms with Gasteiger partial charge in [-0.3, -0.25) is 24.7 Å². The van der Waals surface area contributed by atoms with Gasteiger partial charge in [0.2, 0.25) is 12.2 Å². The summed E-state index contributed by atoms with van der Waals surface area (Å²) in [5.41, 5.74) is 2.79. The van der Waals surface area contributed by atoms with Crippen LogP contribution in [0, 0.1) is 0 Å². The van der Waals surface area contributed by atoms with Gasteiger partial charge in [-0.25, -0.2) is 4.79 Å². The van der Waals surface area contributed by atoms with Crippen LogP contribution in [0.25, 0.3) is 0 Å². The maximum absolute atomic E-state index is 13.8. The molecule has 0 aromatic heterocycles. The van der Waals surface area contributed by atoms with Gasteiger partial charge in [0.15, 0.2) is 6.04 Å². The number of carbonyl (C=O) groups is 4. The summed E-state index contributed by atoms with van der Waals surface area (Å²) in [6.07, 6.45) is -2.42. The van der Waals surface area contributed by atoms with Gasteiger partial charge in [-0.1, -0.05) is 66.7 Å². The number of benzene rings is 3. The summed E-state index contributed by atoms with van der Waals surface area (Å²) in [5, 5.41) is 15.0. The number of ether oxygens (including phenoxy) is 2. The molecule has 0 saturated carbocycles. The van der Waals surface area contributed by atoms with Crippen molar-refractivity contribution >= 4 is 41.0 Å². The van der Waals surface area contributed by atoms with E-state index in [1.165, 1.54) is 4.90 Å². The van der Waals surface area contributed by atoms with Gasteiger partial charge in [-0.05, 0) is 18.2 Å². The molecule has 0 spiro atoms. The van der Waals surface area contributed by atoms with E-state index in [9.17, 15) is 24.3 Å². The number of aliphatic hydroxyl groups excluding tert-OH is 1. The monoisotopic (exact) mass is 542 g/mol. The third-order valence-corrected chi connectivity index (χ3v) is 6.36. The lowest BCUT2D eigenvalue weighted by Gasteiger charge is -2.25. The molecule has 2 aliphatic rings. The van der Waals surface area contributed by atoms with E-state index in [0.29, 0.717) is 22.6 Å². The molecule has 3 aromatic rings. The third-order valence-electron chi connectivity index (χ3n) is 6.36. The van der Waals surface area contributed by atoms with E-state index in [2.05, 4.69) is 15.4 Å². The molecule has 1 unspecified atom stereocenters. The summed E-state index contributed by atoms with van der Waals surface area (Å²) in [6, 6.07) is 22.9. The molecule has 3 N–H and O–H groups in total. The average Bonchev–Trinajstić information content (AvgIpc) is 3.22. The van der Waals surface area contributed by atoms with Crippen molar-refractivity contribution in [2.24, 2.45) is 4.99 Å². The highest BCUT2D eigenvalue weighted by Gasteiger charge is 2.37. The largest absolute Gasteiger partial charge is 0.446 e. The first-order chi connectivity index (χ1) is 19.4. The molecule has 0 bridgehead atoms. The van der Waals surface area contributed by atoms with Crippen LogP contribution < -0.4 is 15.5 Å². The molecule has 11 heteroatoms. The highest BCUT2D eigenvalue weighted by atomic mass is 16.6. The van der Waals surface area contributed by atoms with E-state index >= 15 is 0 Å². The number of carbonyl (C=O) groups excluding carboxylic acids is 4. The molecule has 2 heterocycles. The molecule has 0 aliphatic carbocycles. The lowest BCUT2D eigenvalue weighted by molar-refractivity contribution is -0.155. The summed E-state index contributed by atoms with van der Waals surface area (Å²) in [6.45, 7) is -0.818. The first-order valence-corrected chi connectivity index (χ1v) is 12.6. The van der Waals surface area contributed by atoms with Crippen LogP contribution in [-0.4, -0.2) is 66.2 Å². The number of nitrogens with zero attached hydrogens (tertiary/aromatic N) is 2. The Morgan fingerprint density at radius 2 is 1.65 bits per heavy atom. The number of hydrogen-bond donors (Lipinski definition) is 3. The van der Waals surface area contributed by atoms with Gasteiger partial charge in [0.25, 0.3) is 5.91 Å². The van der Waals surface area contributed by atoms with Crippen LogP contribution in [0.15, 0.2) is 89.9 Å². The molecule has 3 aromatic carbocycles. The van der Waals surface area contributed by atoms with Crippen molar-refractivity contribution in [3.63, 3.8) is 0 Å². The number of nitrogens with one attached hydrogen (secondary N) is 2. The zero-order valence-corrected chi connectivity index (χ0v) is 21.2. The van der Waals surface area contributed by atoms with Crippen molar-refractivity contribution in [2.75, 3.05) is 23.4 Å². The Morgan fingerprint density at radius 1 is 0.975 bits per heavy atom. The van der Waals surface area contributed by atoms with Crippen molar-refractivity contribution in [3.8, 4) is 0 Å². The smallest absolute Gasteiger partial charge is 0.411 e. The molecule has 1 fully saturated rings. The van der Waals surface area contributed by atoms with Gasteiger partial charge in [0.1, 0.15) is 19.2 Å². The molecule has 0 radical (unpaired) electrons. The van der Waals surface area contributed by atoms with Crippen molar-refractivity contribution in [1.82, 2.24) is 5.32 Å². The van der Waals surface area contributed by atoms with Crippen LogP contribution in [0.3, 0.4) is 0 Å². The number of amides is 3. The number of benzodiazepines with no additional fused rings is 1. The number of fused-ring (bicyclic) bond motifs is 1. The topological polar surface area (TPSA) is 147 Å². The Bertz CT molecular complexity index is 1450. The highest BCUT2D eigenvalue weighted by molar-refractivity contribution is 6.20.